The first-order valence-corrected chi connectivity index (χ1v) is 6.41. The van der Waals surface area contributed by atoms with Crippen LogP contribution in [0.4, 0.5) is 0 Å². The van der Waals surface area contributed by atoms with Gasteiger partial charge in [-0.15, -0.1) is 0 Å². The lowest BCUT2D eigenvalue weighted by Gasteiger charge is -2.28. The highest BCUT2D eigenvalue weighted by molar-refractivity contribution is 5.86. The fraction of sp³-hybridized carbons (Fsp3) is 0.714. The highest BCUT2D eigenvalue weighted by atomic mass is 16.6. The molecule has 0 aliphatic rings. The van der Waals surface area contributed by atoms with Crippen LogP contribution in [0.1, 0.15) is 34.1 Å². The largest absolute Gasteiger partial charge is 0.461 e. The number of ether oxygens (including phenoxy) is 2. The van der Waals surface area contributed by atoms with Gasteiger partial charge in [-0.1, -0.05) is 20.4 Å². The van der Waals surface area contributed by atoms with Crippen LogP contribution in [0.2, 0.25) is 0 Å². The molecular weight excluding hydrogens is 246 g/mol. The third kappa shape index (κ3) is 6.38. The van der Waals surface area contributed by atoms with Crippen LogP contribution in [0, 0.1) is 5.92 Å². The van der Waals surface area contributed by atoms with Crippen LogP contribution in [0.5, 0.6) is 0 Å². The van der Waals surface area contributed by atoms with Crippen molar-refractivity contribution in [1.82, 2.24) is 5.32 Å². The highest BCUT2D eigenvalue weighted by Crippen LogP contribution is 2.17. The Kier molecular flexibility index (Phi) is 7.37. The van der Waals surface area contributed by atoms with Gasteiger partial charge in [-0.05, 0) is 33.2 Å². The summed E-state index contributed by atoms with van der Waals surface area (Å²) in [6.07, 6.45) is 0.674. The molecule has 0 aromatic carbocycles. The van der Waals surface area contributed by atoms with Crippen LogP contribution in [-0.4, -0.2) is 37.7 Å². The second kappa shape index (κ2) is 7.94. The smallest absolute Gasteiger partial charge is 0.333 e. The molecule has 0 aliphatic carbocycles. The lowest BCUT2D eigenvalue weighted by molar-refractivity contribution is -0.156. The van der Waals surface area contributed by atoms with Crippen molar-refractivity contribution in [2.45, 2.75) is 39.7 Å². The average molecular weight is 271 g/mol. The van der Waals surface area contributed by atoms with E-state index in [2.05, 4.69) is 11.9 Å². The first-order valence-electron chi connectivity index (χ1n) is 6.41. The molecule has 0 heterocycles. The molecule has 0 aliphatic heterocycles. The molecule has 0 aromatic heterocycles. The van der Waals surface area contributed by atoms with Crippen LogP contribution >= 0.6 is 0 Å². The molecule has 110 valence electrons. The topological polar surface area (TPSA) is 64.6 Å². The van der Waals surface area contributed by atoms with Crippen molar-refractivity contribution in [3.63, 3.8) is 0 Å². The molecule has 0 saturated heterocycles. The normalized spacial score (nSPS) is 13.8. The third-order valence-corrected chi connectivity index (χ3v) is 2.72. The summed E-state index contributed by atoms with van der Waals surface area (Å²) in [6, 6.07) is 0. The zero-order valence-electron chi connectivity index (χ0n) is 12.5. The summed E-state index contributed by atoms with van der Waals surface area (Å²) in [5.41, 5.74) is -0.391. The molecule has 0 spiro atoms. The molecule has 1 N–H and O–H groups in total. The quantitative estimate of drug-likeness (QED) is 0.413. The number of likely N-dealkylation sites (N-methyl/N-ethyl adjacent to an activating group) is 1. The Labute approximate surface area is 115 Å². The minimum absolute atomic E-state index is 0.0406. The molecule has 0 aromatic rings. The van der Waals surface area contributed by atoms with Gasteiger partial charge in [0.15, 0.2) is 0 Å². The Balaban J connectivity index is 4.15. The van der Waals surface area contributed by atoms with Gasteiger partial charge in [-0.2, -0.15) is 0 Å². The van der Waals surface area contributed by atoms with Crippen molar-refractivity contribution in [3.05, 3.63) is 12.2 Å². The minimum Gasteiger partial charge on any atom is -0.461 e. The Morgan fingerprint density at radius 3 is 2.21 bits per heavy atom. The second-order valence-corrected chi connectivity index (χ2v) is 5.23. The number of hydrogen-bond acceptors (Lipinski definition) is 5. The fourth-order valence-corrected chi connectivity index (χ4v) is 1.66. The van der Waals surface area contributed by atoms with Crippen LogP contribution in [0.25, 0.3) is 0 Å². The number of hydrogen-bond donors (Lipinski definition) is 1. The molecule has 0 fully saturated rings. The molecule has 5 nitrogen and oxygen atoms in total. The molecular formula is C14H25NO4. The first-order chi connectivity index (χ1) is 8.73. The van der Waals surface area contributed by atoms with Crippen molar-refractivity contribution in [2.24, 2.45) is 5.92 Å². The van der Waals surface area contributed by atoms with Crippen LogP contribution in [0.3, 0.4) is 0 Å². The van der Waals surface area contributed by atoms with Gasteiger partial charge in [0.25, 0.3) is 0 Å². The number of carbonyl (C=O) groups excluding carboxylic acids is 2. The minimum atomic E-state index is -0.716. The summed E-state index contributed by atoms with van der Waals surface area (Å²) in [5, 5.41) is 2.98. The lowest BCUT2D eigenvalue weighted by atomic mass is 9.91. The standard InChI is InChI=1S/C14H25NO4/c1-10(2)9-14(5,15-6)13(17)19-8-7-18-12(16)11(3)4/h10,15H,3,7-9H2,1-2,4-6H3. The maximum Gasteiger partial charge on any atom is 0.333 e. The number of carbonyl (C=O) groups is 2. The zero-order valence-corrected chi connectivity index (χ0v) is 12.5. The van der Waals surface area contributed by atoms with E-state index in [9.17, 15) is 9.59 Å². The fourth-order valence-electron chi connectivity index (χ4n) is 1.66. The second-order valence-electron chi connectivity index (χ2n) is 5.23. The summed E-state index contributed by atoms with van der Waals surface area (Å²) in [6.45, 7) is 11.0. The van der Waals surface area contributed by atoms with Crippen molar-refractivity contribution < 1.29 is 19.1 Å². The van der Waals surface area contributed by atoms with E-state index in [4.69, 9.17) is 9.47 Å². The lowest BCUT2D eigenvalue weighted by Crippen LogP contribution is -2.49. The molecule has 5 heteroatoms. The molecule has 0 saturated carbocycles. The van der Waals surface area contributed by atoms with Gasteiger partial charge in [-0.25, -0.2) is 4.79 Å². The molecule has 1 unspecified atom stereocenters. The van der Waals surface area contributed by atoms with Crippen molar-refractivity contribution in [3.8, 4) is 0 Å². The van der Waals surface area contributed by atoms with E-state index in [0.717, 1.165) is 0 Å². The van der Waals surface area contributed by atoms with Crippen molar-refractivity contribution >= 4 is 11.9 Å². The van der Waals surface area contributed by atoms with Gasteiger partial charge in [0, 0.05) is 5.57 Å². The Morgan fingerprint density at radius 1 is 1.26 bits per heavy atom. The summed E-state index contributed by atoms with van der Waals surface area (Å²) >= 11 is 0. The van der Waals surface area contributed by atoms with E-state index in [1.54, 1.807) is 20.9 Å². The van der Waals surface area contributed by atoms with Crippen molar-refractivity contribution in [2.75, 3.05) is 20.3 Å². The highest BCUT2D eigenvalue weighted by Gasteiger charge is 2.33. The zero-order chi connectivity index (χ0) is 15.1. The van der Waals surface area contributed by atoms with Crippen molar-refractivity contribution in [1.29, 1.82) is 0 Å². The van der Waals surface area contributed by atoms with Crippen LogP contribution in [0.15, 0.2) is 12.2 Å². The van der Waals surface area contributed by atoms with Gasteiger partial charge in [0.1, 0.15) is 18.8 Å². The Morgan fingerprint density at radius 2 is 1.79 bits per heavy atom. The summed E-state index contributed by atoms with van der Waals surface area (Å²) in [4.78, 5) is 23.1. The summed E-state index contributed by atoms with van der Waals surface area (Å²) in [7, 11) is 1.73. The maximum absolute atomic E-state index is 12.0. The van der Waals surface area contributed by atoms with Gasteiger partial charge in [0.05, 0.1) is 0 Å². The maximum atomic E-state index is 12.0. The summed E-state index contributed by atoms with van der Waals surface area (Å²) in [5.74, 6) is -0.448. The number of nitrogens with one attached hydrogen (secondary N) is 1. The molecule has 19 heavy (non-hydrogen) atoms. The molecule has 0 amide bonds. The monoisotopic (exact) mass is 271 g/mol. The predicted octanol–water partition coefficient (Wildman–Crippen LogP) is 1.67. The predicted molar refractivity (Wildman–Crippen MR) is 73.7 cm³/mol. The van der Waals surface area contributed by atoms with E-state index in [1.807, 2.05) is 13.8 Å². The molecule has 0 radical (unpaired) electrons. The van der Waals surface area contributed by atoms with E-state index in [-0.39, 0.29) is 19.2 Å². The van der Waals surface area contributed by atoms with Gasteiger partial charge >= 0.3 is 11.9 Å². The molecule has 1 atom stereocenters. The molecule has 0 bridgehead atoms. The number of rotatable bonds is 8. The van der Waals surface area contributed by atoms with E-state index in [0.29, 0.717) is 17.9 Å². The van der Waals surface area contributed by atoms with Gasteiger partial charge in [-0.3, -0.25) is 4.79 Å². The van der Waals surface area contributed by atoms with Gasteiger partial charge in [0.2, 0.25) is 0 Å². The van der Waals surface area contributed by atoms with Crippen LogP contribution in [-0.2, 0) is 19.1 Å². The molecule has 0 rings (SSSR count). The van der Waals surface area contributed by atoms with Crippen LogP contribution < -0.4 is 5.32 Å². The SMILES string of the molecule is C=C(C)C(=O)OCCOC(=O)C(C)(CC(C)C)NC. The third-order valence-electron chi connectivity index (χ3n) is 2.72. The van der Waals surface area contributed by atoms with E-state index < -0.39 is 11.5 Å². The average Bonchev–Trinajstić information content (AvgIpc) is 2.32. The van der Waals surface area contributed by atoms with Gasteiger partial charge < -0.3 is 14.8 Å². The Bertz CT molecular complexity index is 338. The number of esters is 2. The summed E-state index contributed by atoms with van der Waals surface area (Å²) < 4.78 is 9.97. The van der Waals surface area contributed by atoms with E-state index >= 15 is 0 Å². The Hall–Kier alpha value is -1.36. The first kappa shape index (κ1) is 17.6. The van der Waals surface area contributed by atoms with E-state index in [1.165, 1.54) is 0 Å².